The van der Waals surface area contributed by atoms with Crippen LogP contribution in [0.4, 0.5) is 5.69 Å². The van der Waals surface area contributed by atoms with Gasteiger partial charge in [-0.1, -0.05) is 0 Å². The zero-order valence-corrected chi connectivity index (χ0v) is 9.38. The largest absolute Gasteiger partial charge is 0.371 e. The molecule has 1 aromatic heterocycles. The second-order valence-electron chi connectivity index (χ2n) is 3.93. The van der Waals surface area contributed by atoms with E-state index >= 15 is 0 Å². The maximum Gasteiger partial charge on any atom is 0.0509 e. The minimum Gasteiger partial charge on any atom is -0.371 e. The Bertz CT molecular complexity index is 334. The summed E-state index contributed by atoms with van der Waals surface area (Å²) in [4.78, 5) is 6.59. The minimum absolute atomic E-state index is 0.541. The summed E-state index contributed by atoms with van der Waals surface area (Å²) in [6, 6.07) is 2.84. The van der Waals surface area contributed by atoms with Gasteiger partial charge in [0.25, 0.3) is 0 Å². The summed E-state index contributed by atoms with van der Waals surface area (Å²) in [5, 5.41) is 0. The first-order valence-electron chi connectivity index (χ1n) is 4.96. The van der Waals surface area contributed by atoms with E-state index in [2.05, 4.69) is 23.0 Å². The molecule has 3 heteroatoms. The van der Waals surface area contributed by atoms with Gasteiger partial charge in [-0.05, 0) is 25.8 Å². The first-order chi connectivity index (χ1) is 6.72. The van der Waals surface area contributed by atoms with Gasteiger partial charge in [-0.25, -0.2) is 0 Å². The Morgan fingerprint density at radius 1 is 1.57 bits per heavy atom. The fourth-order valence-electron chi connectivity index (χ4n) is 1.66. The zero-order valence-electron chi connectivity index (χ0n) is 8.63. The maximum absolute atomic E-state index is 5.89. The van der Waals surface area contributed by atoms with E-state index in [0.717, 1.165) is 17.3 Å². The normalized spacial score (nSPS) is 15.6. The van der Waals surface area contributed by atoms with Crippen molar-refractivity contribution in [3.05, 3.63) is 23.5 Å². The highest BCUT2D eigenvalue weighted by atomic mass is 35.5. The number of rotatable bonds is 3. The predicted molar refractivity (Wildman–Crippen MR) is 60.0 cm³/mol. The van der Waals surface area contributed by atoms with Crippen LogP contribution in [0, 0.1) is 6.92 Å². The van der Waals surface area contributed by atoms with E-state index in [4.69, 9.17) is 11.6 Å². The van der Waals surface area contributed by atoms with Crippen molar-refractivity contribution in [2.45, 2.75) is 31.7 Å². The topological polar surface area (TPSA) is 16.1 Å². The molecule has 1 aliphatic carbocycles. The average molecular weight is 211 g/mol. The molecule has 0 radical (unpaired) electrons. The summed E-state index contributed by atoms with van der Waals surface area (Å²) >= 11 is 5.89. The molecule has 0 aliphatic heterocycles. The monoisotopic (exact) mass is 210 g/mol. The van der Waals surface area contributed by atoms with Crippen LogP contribution in [-0.2, 0) is 5.88 Å². The van der Waals surface area contributed by atoms with Gasteiger partial charge in [0, 0.05) is 36.2 Å². The van der Waals surface area contributed by atoms with Crippen LogP contribution in [-0.4, -0.2) is 18.1 Å². The zero-order chi connectivity index (χ0) is 10.1. The fraction of sp³-hybridized carbons (Fsp3) is 0.545. The van der Waals surface area contributed by atoms with Gasteiger partial charge in [0.05, 0.1) is 5.88 Å². The molecule has 0 amide bonds. The van der Waals surface area contributed by atoms with Crippen LogP contribution in [0.15, 0.2) is 12.3 Å². The molecule has 14 heavy (non-hydrogen) atoms. The van der Waals surface area contributed by atoms with Gasteiger partial charge in [-0.15, -0.1) is 11.6 Å². The highest BCUT2D eigenvalue weighted by molar-refractivity contribution is 6.17. The molecule has 0 atom stereocenters. The molecule has 2 rings (SSSR count). The number of aromatic nitrogens is 1. The molecule has 2 nitrogen and oxygen atoms in total. The van der Waals surface area contributed by atoms with Gasteiger partial charge < -0.3 is 4.90 Å². The Morgan fingerprint density at radius 2 is 2.29 bits per heavy atom. The van der Waals surface area contributed by atoms with E-state index in [9.17, 15) is 0 Å². The van der Waals surface area contributed by atoms with Crippen molar-refractivity contribution in [3.63, 3.8) is 0 Å². The molecule has 1 aliphatic rings. The second-order valence-corrected chi connectivity index (χ2v) is 4.20. The summed E-state index contributed by atoms with van der Waals surface area (Å²) in [7, 11) is 2.14. The molecule has 0 unspecified atom stereocenters. The number of alkyl halides is 1. The minimum atomic E-state index is 0.541. The molecule has 1 saturated carbocycles. The Hall–Kier alpha value is -0.760. The molecule has 1 heterocycles. The molecule has 1 fully saturated rings. The lowest BCUT2D eigenvalue weighted by atomic mass is 10.2. The van der Waals surface area contributed by atoms with E-state index in [1.54, 1.807) is 0 Å². The molecule has 0 aromatic carbocycles. The molecule has 0 saturated heterocycles. The van der Waals surface area contributed by atoms with Crippen molar-refractivity contribution in [3.8, 4) is 0 Å². The van der Waals surface area contributed by atoms with Crippen LogP contribution in [0.25, 0.3) is 0 Å². The van der Waals surface area contributed by atoms with Gasteiger partial charge in [0.1, 0.15) is 0 Å². The molecular formula is C11H15ClN2. The van der Waals surface area contributed by atoms with Crippen molar-refractivity contribution >= 4 is 17.3 Å². The fourth-order valence-corrected chi connectivity index (χ4v) is 1.87. The van der Waals surface area contributed by atoms with Gasteiger partial charge in [-0.2, -0.15) is 0 Å². The third kappa shape index (κ3) is 1.85. The van der Waals surface area contributed by atoms with Crippen molar-refractivity contribution < 1.29 is 0 Å². The smallest absolute Gasteiger partial charge is 0.0509 e. The number of aryl methyl sites for hydroxylation is 1. The molecule has 1 aromatic rings. The number of hydrogen-bond acceptors (Lipinski definition) is 2. The van der Waals surface area contributed by atoms with Gasteiger partial charge >= 0.3 is 0 Å². The quantitative estimate of drug-likeness (QED) is 0.714. The first kappa shape index (κ1) is 9.78. The van der Waals surface area contributed by atoms with E-state index in [0.29, 0.717) is 5.88 Å². The van der Waals surface area contributed by atoms with Crippen LogP contribution in [0.2, 0.25) is 0 Å². The standard InChI is InChI=1S/C11H15ClN2/c1-8-5-11(9(6-12)7-13-8)14(2)10-3-4-10/h5,7,10H,3-4,6H2,1-2H3. The van der Waals surface area contributed by atoms with Crippen molar-refractivity contribution in [2.24, 2.45) is 0 Å². The number of halogens is 1. The number of nitrogens with zero attached hydrogens (tertiary/aromatic N) is 2. The summed E-state index contributed by atoms with van der Waals surface area (Å²) in [6.07, 6.45) is 4.50. The summed E-state index contributed by atoms with van der Waals surface area (Å²) in [5.41, 5.74) is 3.43. The molecule has 0 spiro atoms. The Labute approximate surface area is 89.9 Å². The van der Waals surface area contributed by atoms with Gasteiger partial charge in [0.15, 0.2) is 0 Å². The molecule has 0 bridgehead atoms. The Morgan fingerprint density at radius 3 is 2.86 bits per heavy atom. The third-order valence-electron chi connectivity index (χ3n) is 2.72. The van der Waals surface area contributed by atoms with Crippen molar-refractivity contribution in [1.29, 1.82) is 0 Å². The van der Waals surface area contributed by atoms with Gasteiger partial charge in [0.2, 0.25) is 0 Å². The SMILES string of the molecule is Cc1cc(N(C)C2CC2)c(CCl)cn1. The van der Waals surface area contributed by atoms with Crippen molar-refractivity contribution in [1.82, 2.24) is 4.98 Å². The summed E-state index contributed by atoms with van der Waals surface area (Å²) in [5.74, 6) is 0.541. The summed E-state index contributed by atoms with van der Waals surface area (Å²) < 4.78 is 0. The number of anilines is 1. The van der Waals surface area contributed by atoms with E-state index in [1.807, 2.05) is 13.1 Å². The lowest BCUT2D eigenvalue weighted by Crippen LogP contribution is -2.21. The maximum atomic E-state index is 5.89. The van der Waals surface area contributed by atoms with E-state index in [-0.39, 0.29) is 0 Å². The molecule has 76 valence electrons. The van der Waals surface area contributed by atoms with E-state index in [1.165, 1.54) is 18.5 Å². The van der Waals surface area contributed by atoms with Crippen LogP contribution in [0.1, 0.15) is 24.1 Å². The highest BCUT2D eigenvalue weighted by Crippen LogP contribution is 2.32. The average Bonchev–Trinajstić information content (AvgIpc) is 3.00. The lowest BCUT2D eigenvalue weighted by molar-refractivity contribution is 0.903. The van der Waals surface area contributed by atoms with E-state index < -0.39 is 0 Å². The molecular weight excluding hydrogens is 196 g/mol. The summed E-state index contributed by atoms with van der Waals surface area (Å²) in [6.45, 7) is 2.02. The van der Waals surface area contributed by atoms with Crippen molar-refractivity contribution in [2.75, 3.05) is 11.9 Å². The van der Waals surface area contributed by atoms with Crippen LogP contribution in [0.5, 0.6) is 0 Å². The second kappa shape index (κ2) is 3.77. The number of pyridine rings is 1. The lowest BCUT2D eigenvalue weighted by Gasteiger charge is -2.21. The molecule has 0 N–H and O–H groups in total. The predicted octanol–water partition coefficient (Wildman–Crippen LogP) is 2.73. The number of hydrogen-bond donors (Lipinski definition) is 0. The third-order valence-corrected chi connectivity index (χ3v) is 3.01. The highest BCUT2D eigenvalue weighted by Gasteiger charge is 2.27. The Kier molecular flexibility index (Phi) is 2.64. The Balaban J connectivity index is 2.32. The van der Waals surface area contributed by atoms with Gasteiger partial charge in [-0.3, -0.25) is 4.98 Å². The van der Waals surface area contributed by atoms with Crippen LogP contribution >= 0.6 is 11.6 Å². The van der Waals surface area contributed by atoms with Crippen LogP contribution < -0.4 is 4.90 Å². The van der Waals surface area contributed by atoms with Crippen LogP contribution in [0.3, 0.4) is 0 Å². The first-order valence-corrected chi connectivity index (χ1v) is 5.50.